The van der Waals surface area contributed by atoms with Gasteiger partial charge in [-0.25, -0.2) is 4.79 Å². The van der Waals surface area contributed by atoms with Crippen molar-refractivity contribution in [2.75, 3.05) is 34.2 Å². The van der Waals surface area contributed by atoms with Gasteiger partial charge in [0.1, 0.15) is 18.1 Å². The second kappa shape index (κ2) is 12.9. The lowest BCUT2D eigenvalue weighted by Crippen LogP contribution is -2.09. The van der Waals surface area contributed by atoms with Gasteiger partial charge in [0, 0.05) is 18.2 Å². The van der Waals surface area contributed by atoms with Gasteiger partial charge in [-0.05, 0) is 35.9 Å². The fraction of sp³-hybridized carbons (Fsp3) is 0.222. The minimum Gasteiger partial charge on any atom is -0.488 e. The van der Waals surface area contributed by atoms with Gasteiger partial charge < -0.3 is 23.7 Å². The smallest absolute Gasteiger partial charge is 0.337 e. The first kappa shape index (κ1) is 25.4. The molecule has 0 aliphatic carbocycles. The van der Waals surface area contributed by atoms with Crippen molar-refractivity contribution in [2.45, 2.75) is 6.61 Å². The number of nitriles is 1. The van der Waals surface area contributed by atoms with Crippen molar-refractivity contribution in [3.63, 3.8) is 0 Å². The highest BCUT2D eigenvalue weighted by Crippen LogP contribution is 2.40. The van der Waals surface area contributed by atoms with Gasteiger partial charge in [-0.2, -0.15) is 5.26 Å². The van der Waals surface area contributed by atoms with E-state index in [1.807, 2.05) is 30.3 Å². The molecular weight excluding hydrogens is 450 g/mol. The van der Waals surface area contributed by atoms with E-state index in [0.29, 0.717) is 41.9 Å². The Bertz CT molecular complexity index is 1200. The third kappa shape index (κ3) is 6.67. The average molecular weight is 475 g/mol. The average Bonchev–Trinajstić information content (AvgIpc) is 2.91. The van der Waals surface area contributed by atoms with Crippen molar-refractivity contribution in [1.82, 2.24) is 0 Å². The molecule has 3 rings (SSSR count). The Labute approximate surface area is 203 Å². The van der Waals surface area contributed by atoms with Crippen LogP contribution in [0.3, 0.4) is 0 Å². The Kier molecular flexibility index (Phi) is 9.37. The van der Waals surface area contributed by atoms with E-state index in [9.17, 15) is 14.9 Å². The topological polar surface area (TPSA) is 104 Å². The van der Waals surface area contributed by atoms with Crippen molar-refractivity contribution in [3.8, 4) is 28.7 Å². The highest BCUT2D eigenvalue weighted by atomic mass is 16.7. The molecule has 0 N–H and O–H groups in total. The van der Waals surface area contributed by atoms with Crippen molar-refractivity contribution < 1.29 is 33.3 Å². The molecule has 0 unspecified atom stereocenters. The fourth-order valence-corrected chi connectivity index (χ4v) is 3.31. The van der Waals surface area contributed by atoms with Crippen LogP contribution in [0.4, 0.5) is 0 Å². The summed E-state index contributed by atoms with van der Waals surface area (Å²) in [4.78, 5) is 24.4. The number of hydrogen-bond donors (Lipinski definition) is 0. The van der Waals surface area contributed by atoms with E-state index >= 15 is 0 Å². The van der Waals surface area contributed by atoms with E-state index in [1.54, 1.807) is 31.4 Å². The summed E-state index contributed by atoms with van der Waals surface area (Å²) < 4.78 is 27.1. The Morgan fingerprint density at radius 1 is 0.971 bits per heavy atom. The van der Waals surface area contributed by atoms with Crippen molar-refractivity contribution in [3.05, 3.63) is 82.9 Å². The molecular formula is C27H25NO7. The summed E-state index contributed by atoms with van der Waals surface area (Å²) in [5.41, 5.74) is 2.41. The Hall–Kier alpha value is -4.19. The van der Waals surface area contributed by atoms with Gasteiger partial charge in [0.25, 0.3) is 0 Å². The Morgan fingerprint density at radius 3 is 2.46 bits per heavy atom. The normalized spacial score (nSPS) is 10.3. The Balaban J connectivity index is 2.10. The summed E-state index contributed by atoms with van der Waals surface area (Å²) >= 11 is 0. The number of aldehydes is 1. The highest BCUT2D eigenvalue weighted by Gasteiger charge is 2.21. The molecule has 35 heavy (non-hydrogen) atoms. The summed E-state index contributed by atoms with van der Waals surface area (Å²) in [6.45, 7) is 0.853. The molecule has 0 saturated carbocycles. The third-order valence-electron chi connectivity index (χ3n) is 5.02. The summed E-state index contributed by atoms with van der Waals surface area (Å²) in [7, 11) is 2.82. The number of benzene rings is 3. The Morgan fingerprint density at radius 2 is 1.77 bits per heavy atom. The summed E-state index contributed by atoms with van der Waals surface area (Å²) in [5, 5.41) is 9.49. The number of nitrogens with zero attached hydrogens (tertiary/aromatic N) is 1. The van der Waals surface area contributed by atoms with Gasteiger partial charge in [0.05, 0.1) is 43.1 Å². The van der Waals surface area contributed by atoms with Crippen LogP contribution in [0.15, 0.2) is 60.7 Å². The molecule has 180 valence electrons. The number of carbonyl (C=O) groups is 2. The minimum absolute atomic E-state index is 0.0697. The van der Waals surface area contributed by atoms with E-state index < -0.39 is 5.97 Å². The van der Waals surface area contributed by atoms with Gasteiger partial charge in [0.15, 0.2) is 13.1 Å². The molecule has 0 spiro atoms. The van der Waals surface area contributed by atoms with E-state index in [1.165, 1.54) is 13.2 Å². The molecule has 0 atom stereocenters. The predicted octanol–water partition coefficient (Wildman–Crippen LogP) is 4.40. The molecule has 3 aromatic rings. The predicted molar refractivity (Wildman–Crippen MR) is 127 cm³/mol. The van der Waals surface area contributed by atoms with Gasteiger partial charge in [0.2, 0.25) is 0 Å². The maximum Gasteiger partial charge on any atom is 0.337 e. The zero-order chi connectivity index (χ0) is 25.0. The maximum atomic E-state index is 12.3. The molecule has 8 heteroatoms. The van der Waals surface area contributed by atoms with Crippen LogP contribution in [0.1, 0.15) is 31.8 Å². The summed E-state index contributed by atoms with van der Waals surface area (Å²) in [5.74, 6) is 0.00681. The number of hydrogen-bond acceptors (Lipinski definition) is 8. The molecule has 0 fully saturated rings. The van der Waals surface area contributed by atoms with Crippen LogP contribution in [-0.2, 0) is 20.8 Å². The maximum absolute atomic E-state index is 12.3. The molecule has 0 radical (unpaired) electrons. The molecule has 8 nitrogen and oxygen atoms in total. The monoisotopic (exact) mass is 475 g/mol. The summed E-state index contributed by atoms with van der Waals surface area (Å²) in [6, 6.07) is 19.3. The number of carbonyl (C=O) groups excluding carboxylic acids is 2. The quantitative estimate of drug-likeness (QED) is 0.164. The van der Waals surface area contributed by atoms with Crippen LogP contribution < -0.4 is 9.47 Å². The lowest BCUT2D eigenvalue weighted by atomic mass is 9.96. The fourth-order valence-electron chi connectivity index (χ4n) is 3.31. The molecule has 0 amide bonds. The van der Waals surface area contributed by atoms with E-state index in [-0.39, 0.29) is 30.3 Å². The zero-order valence-electron chi connectivity index (χ0n) is 19.5. The van der Waals surface area contributed by atoms with E-state index in [4.69, 9.17) is 23.7 Å². The van der Waals surface area contributed by atoms with Crippen molar-refractivity contribution in [2.24, 2.45) is 0 Å². The molecule has 0 aliphatic rings. The lowest BCUT2D eigenvalue weighted by molar-refractivity contribution is -0.00823. The van der Waals surface area contributed by atoms with Crippen LogP contribution in [0.2, 0.25) is 0 Å². The first-order chi connectivity index (χ1) is 17.1. The van der Waals surface area contributed by atoms with Crippen LogP contribution in [-0.4, -0.2) is 46.5 Å². The molecule has 0 heterocycles. The second-order valence-electron chi connectivity index (χ2n) is 7.31. The first-order valence-corrected chi connectivity index (χ1v) is 10.7. The van der Waals surface area contributed by atoms with Crippen LogP contribution >= 0.6 is 0 Å². The number of methoxy groups -OCH3 is 2. The first-order valence-electron chi connectivity index (χ1n) is 10.7. The lowest BCUT2D eigenvalue weighted by Gasteiger charge is -2.18. The summed E-state index contributed by atoms with van der Waals surface area (Å²) in [6.07, 6.45) is 0.610. The van der Waals surface area contributed by atoms with E-state index in [2.05, 4.69) is 6.07 Å². The number of rotatable bonds is 12. The van der Waals surface area contributed by atoms with E-state index in [0.717, 1.165) is 5.56 Å². The third-order valence-corrected chi connectivity index (χ3v) is 5.02. The van der Waals surface area contributed by atoms with Crippen LogP contribution in [0.25, 0.3) is 11.1 Å². The minimum atomic E-state index is -0.620. The SMILES string of the molecule is COCCOCOc1ccc(C#N)cc1-c1cc(C(=O)OC)cc(C=O)c1OCc1ccccc1. The van der Waals surface area contributed by atoms with Crippen LogP contribution in [0, 0.1) is 11.3 Å². The number of esters is 1. The van der Waals surface area contributed by atoms with Crippen molar-refractivity contribution in [1.29, 1.82) is 5.26 Å². The second-order valence-corrected chi connectivity index (χ2v) is 7.31. The zero-order valence-corrected chi connectivity index (χ0v) is 19.5. The highest BCUT2D eigenvalue weighted by molar-refractivity contribution is 5.97. The van der Waals surface area contributed by atoms with Crippen molar-refractivity contribution >= 4 is 12.3 Å². The molecule has 0 saturated heterocycles. The molecule has 0 bridgehead atoms. The molecule has 3 aromatic carbocycles. The van der Waals surface area contributed by atoms with Crippen LogP contribution in [0.5, 0.6) is 11.5 Å². The van der Waals surface area contributed by atoms with Gasteiger partial charge >= 0.3 is 5.97 Å². The van der Waals surface area contributed by atoms with Gasteiger partial charge in [-0.1, -0.05) is 30.3 Å². The van der Waals surface area contributed by atoms with Gasteiger partial charge in [-0.15, -0.1) is 0 Å². The standard InChI is InChI=1S/C27H25NO7/c1-31-10-11-33-18-35-25-9-8-20(15-28)12-23(25)24-14-21(27(30)32-2)13-22(16-29)26(24)34-17-19-6-4-3-5-7-19/h3-9,12-14,16H,10-11,17-18H2,1-2H3. The molecule has 0 aliphatic heterocycles. The molecule has 0 aromatic heterocycles. The number of ether oxygens (including phenoxy) is 5. The largest absolute Gasteiger partial charge is 0.488 e. The van der Waals surface area contributed by atoms with Gasteiger partial charge in [-0.3, -0.25) is 4.79 Å².